The Morgan fingerprint density at radius 3 is 1.63 bits per heavy atom. The van der Waals surface area contributed by atoms with E-state index in [1.54, 1.807) is 0 Å². The maximum Gasteiger partial charge on any atom is 0.197 e. The standard InChI is InChI=1S/C32H38O6/c1-21(33-17-28-19-35-28)37-27-13-10-24(11-14-27)23-6-8-25(9-7-23)26-12-15-31(30(16-26)32(3,4)5)38-22(2)34-18-29-20-36-29/h6-16,21-22,28-29H,17-20H2,1-5H3. The molecule has 0 bridgehead atoms. The molecule has 3 aromatic carbocycles. The summed E-state index contributed by atoms with van der Waals surface area (Å²) in [6, 6.07) is 23.1. The molecule has 0 radical (unpaired) electrons. The van der Waals surface area contributed by atoms with E-state index < -0.39 is 0 Å². The molecular formula is C32H38O6. The van der Waals surface area contributed by atoms with Crippen molar-refractivity contribution < 1.29 is 28.4 Å². The van der Waals surface area contributed by atoms with Gasteiger partial charge in [-0.1, -0.05) is 63.2 Å². The van der Waals surface area contributed by atoms with Gasteiger partial charge in [-0.25, -0.2) is 0 Å². The molecule has 2 heterocycles. The van der Waals surface area contributed by atoms with Crippen molar-refractivity contribution in [2.45, 2.75) is 64.8 Å². The third-order valence-corrected chi connectivity index (χ3v) is 6.63. The van der Waals surface area contributed by atoms with E-state index in [4.69, 9.17) is 28.4 Å². The average molecular weight is 519 g/mol. The van der Waals surface area contributed by atoms with Crippen molar-refractivity contribution in [2.75, 3.05) is 26.4 Å². The van der Waals surface area contributed by atoms with Gasteiger partial charge in [0.25, 0.3) is 0 Å². The van der Waals surface area contributed by atoms with Crippen LogP contribution in [0.3, 0.4) is 0 Å². The van der Waals surface area contributed by atoms with E-state index in [0.717, 1.165) is 52.5 Å². The zero-order valence-electron chi connectivity index (χ0n) is 22.9. The highest BCUT2D eigenvalue weighted by Gasteiger charge is 2.25. The fourth-order valence-corrected chi connectivity index (χ4v) is 4.23. The van der Waals surface area contributed by atoms with E-state index in [2.05, 4.69) is 75.4 Å². The lowest BCUT2D eigenvalue weighted by Crippen LogP contribution is -2.22. The second-order valence-electron chi connectivity index (χ2n) is 11.0. The van der Waals surface area contributed by atoms with E-state index in [1.807, 2.05) is 26.0 Å². The zero-order valence-corrected chi connectivity index (χ0v) is 22.9. The number of hydrogen-bond donors (Lipinski definition) is 0. The fraction of sp³-hybridized carbons (Fsp3) is 0.438. The van der Waals surface area contributed by atoms with Gasteiger partial charge in [-0.05, 0) is 65.8 Å². The fourth-order valence-electron chi connectivity index (χ4n) is 4.23. The highest BCUT2D eigenvalue weighted by Crippen LogP contribution is 2.36. The van der Waals surface area contributed by atoms with Crippen LogP contribution < -0.4 is 9.47 Å². The maximum absolute atomic E-state index is 6.18. The third kappa shape index (κ3) is 7.35. The van der Waals surface area contributed by atoms with Gasteiger partial charge in [-0.2, -0.15) is 0 Å². The number of hydrogen-bond acceptors (Lipinski definition) is 6. The highest BCUT2D eigenvalue weighted by molar-refractivity contribution is 5.72. The lowest BCUT2D eigenvalue weighted by Gasteiger charge is -2.25. The number of benzene rings is 3. The Morgan fingerprint density at radius 2 is 1.13 bits per heavy atom. The van der Waals surface area contributed by atoms with Crippen LogP contribution in [0.1, 0.15) is 40.2 Å². The molecule has 3 aromatic rings. The average Bonchev–Trinajstić information content (AvgIpc) is 3.82. The molecule has 0 amide bonds. The smallest absolute Gasteiger partial charge is 0.197 e. The quantitative estimate of drug-likeness (QED) is 0.199. The molecule has 2 saturated heterocycles. The van der Waals surface area contributed by atoms with Crippen molar-refractivity contribution in [3.63, 3.8) is 0 Å². The minimum absolute atomic E-state index is 0.0807. The maximum atomic E-state index is 6.18. The van der Waals surface area contributed by atoms with Crippen molar-refractivity contribution in [3.8, 4) is 33.8 Å². The first-order chi connectivity index (χ1) is 18.2. The lowest BCUT2D eigenvalue weighted by molar-refractivity contribution is -0.0717. The van der Waals surface area contributed by atoms with Crippen LogP contribution in [0.25, 0.3) is 22.3 Å². The second-order valence-corrected chi connectivity index (χ2v) is 11.0. The molecular weight excluding hydrogens is 480 g/mol. The van der Waals surface area contributed by atoms with E-state index in [9.17, 15) is 0 Å². The molecule has 4 atom stereocenters. The number of rotatable bonds is 12. The first kappa shape index (κ1) is 26.7. The summed E-state index contributed by atoms with van der Waals surface area (Å²) < 4.78 is 33.9. The van der Waals surface area contributed by atoms with E-state index in [-0.39, 0.29) is 30.2 Å². The number of ether oxygens (including phenoxy) is 6. The SMILES string of the molecule is CC(OCC1CO1)Oc1ccc(-c2ccc(-c3ccc(OC(C)OCC4CO4)c(C(C)(C)C)c3)cc2)cc1. The summed E-state index contributed by atoms with van der Waals surface area (Å²) >= 11 is 0. The summed E-state index contributed by atoms with van der Waals surface area (Å²) in [4.78, 5) is 0. The normalized spacial score (nSPS) is 20.0. The Bertz CT molecular complexity index is 1190. The largest absolute Gasteiger partial charge is 0.465 e. The minimum Gasteiger partial charge on any atom is -0.465 e. The molecule has 6 heteroatoms. The van der Waals surface area contributed by atoms with Gasteiger partial charge in [0.2, 0.25) is 0 Å². The predicted molar refractivity (Wildman–Crippen MR) is 148 cm³/mol. The van der Waals surface area contributed by atoms with Gasteiger partial charge in [0.05, 0.1) is 26.4 Å². The summed E-state index contributed by atoms with van der Waals surface area (Å²) in [5.74, 6) is 1.64. The van der Waals surface area contributed by atoms with Crippen LogP contribution in [0.2, 0.25) is 0 Å². The van der Waals surface area contributed by atoms with Crippen molar-refractivity contribution in [3.05, 3.63) is 72.3 Å². The van der Waals surface area contributed by atoms with Crippen LogP contribution in [-0.2, 0) is 24.4 Å². The molecule has 0 N–H and O–H groups in total. The van der Waals surface area contributed by atoms with Gasteiger partial charge >= 0.3 is 0 Å². The summed E-state index contributed by atoms with van der Waals surface area (Å²) in [5, 5.41) is 0. The molecule has 0 saturated carbocycles. The lowest BCUT2D eigenvalue weighted by atomic mass is 9.84. The Labute approximate surface area is 225 Å². The molecule has 6 nitrogen and oxygen atoms in total. The Morgan fingerprint density at radius 1 is 0.684 bits per heavy atom. The molecule has 38 heavy (non-hydrogen) atoms. The minimum atomic E-state index is -0.338. The van der Waals surface area contributed by atoms with Gasteiger partial charge in [-0.3, -0.25) is 0 Å². The highest BCUT2D eigenvalue weighted by atomic mass is 16.7. The molecule has 0 aromatic heterocycles. The van der Waals surface area contributed by atoms with Gasteiger partial charge in [0, 0.05) is 5.56 Å². The molecule has 5 rings (SSSR count). The molecule has 202 valence electrons. The first-order valence-corrected chi connectivity index (χ1v) is 13.4. The van der Waals surface area contributed by atoms with Crippen LogP contribution in [0.4, 0.5) is 0 Å². The van der Waals surface area contributed by atoms with Crippen LogP contribution in [0.15, 0.2) is 66.7 Å². The van der Waals surface area contributed by atoms with E-state index in [0.29, 0.717) is 13.2 Å². The summed E-state index contributed by atoms with van der Waals surface area (Å²) in [7, 11) is 0. The van der Waals surface area contributed by atoms with Crippen LogP contribution in [-0.4, -0.2) is 51.2 Å². The monoisotopic (exact) mass is 518 g/mol. The van der Waals surface area contributed by atoms with Gasteiger partial charge in [0.1, 0.15) is 23.7 Å². The second kappa shape index (κ2) is 11.5. The Hall–Kier alpha value is -2.90. The molecule has 2 aliphatic heterocycles. The molecule has 2 fully saturated rings. The summed E-state index contributed by atoms with van der Waals surface area (Å²) in [5.41, 5.74) is 5.67. The van der Waals surface area contributed by atoms with E-state index >= 15 is 0 Å². The Balaban J connectivity index is 1.24. The van der Waals surface area contributed by atoms with Crippen molar-refractivity contribution >= 4 is 0 Å². The van der Waals surface area contributed by atoms with Gasteiger partial charge in [0.15, 0.2) is 12.6 Å². The van der Waals surface area contributed by atoms with Crippen molar-refractivity contribution in [2.24, 2.45) is 0 Å². The first-order valence-electron chi connectivity index (χ1n) is 13.4. The number of epoxide rings is 2. The molecule has 0 aliphatic carbocycles. The third-order valence-electron chi connectivity index (χ3n) is 6.63. The van der Waals surface area contributed by atoms with Gasteiger partial charge in [-0.15, -0.1) is 0 Å². The van der Waals surface area contributed by atoms with Gasteiger partial charge < -0.3 is 28.4 Å². The van der Waals surface area contributed by atoms with E-state index in [1.165, 1.54) is 0 Å². The van der Waals surface area contributed by atoms with Crippen molar-refractivity contribution in [1.29, 1.82) is 0 Å². The zero-order chi connectivity index (χ0) is 26.7. The van der Waals surface area contributed by atoms with Crippen LogP contribution in [0.5, 0.6) is 11.5 Å². The molecule has 0 spiro atoms. The van der Waals surface area contributed by atoms with Crippen LogP contribution in [0, 0.1) is 0 Å². The molecule has 4 unspecified atom stereocenters. The topological polar surface area (TPSA) is 62.0 Å². The summed E-state index contributed by atoms with van der Waals surface area (Å²) in [6.07, 6.45) is -0.202. The predicted octanol–water partition coefficient (Wildman–Crippen LogP) is 6.60. The van der Waals surface area contributed by atoms with Crippen molar-refractivity contribution in [1.82, 2.24) is 0 Å². The van der Waals surface area contributed by atoms with Crippen LogP contribution >= 0.6 is 0 Å². The summed E-state index contributed by atoms with van der Waals surface area (Å²) in [6.45, 7) is 13.1. The molecule has 2 aliphatic rings. The Kier molecular flexibility index (Phi) is 8.05.